The molecular weight excluding hydrogens is 360 g/mol. The monoisotopic (exact) mass is 376 g/mol. The summed E-state index contributed by atoms with van der Waals surface area (Å²) in [5, 5.41) is 11.0. The number of aryl methyl sites for hydroxylation is 1. The first-order valence-electron chi connectivity index (χ1n) is 8.57. The first-order chi connectivity index (χ1) is 13.0. The third kappa shape index (κ3) is 3.20. The number of aromatic carboxylic acids is 1. The Labute approximate surface area is 161 Å². The van der Waals surface area contributed by atoms with Crippen LogP contribution in [0.2, 0.25) is 5.02 Å². The minimum atomic E-state index is -0.985. The highest BCUT2D eigenvalue weighted by atomic mass is 35.5. The second-order valence-corrected chi connectivity index (χ2v) is 6.87. The van der Waals surface area contributed by atoms with Gasteiger partial charge in [-0.05, 0) is 47.9 Å². The van der Waals surface area contributed by atoms with Gasteiger partial charge in [0.2, 0.25) is 0 Å². The van der Waals surface area contributed by atoms with Crippen molar-refractivity contribution < 1.29 is 9.90 Å². The summed E-state index contributed by atoms with van der Waals surface area (Å²) in [6.45, 7) is 2.06. The molecule has 1 N–H and O–H groups in total. The molecule has 0 fully saturated rings. The number of nitrogens with zero attached hydrogens (tertiary/aromatic N) is 2. The van der Waals surface area contributed by atoms with Gasteiger partial charge in [-0.3, -0.25) is 0 Å². The number of rotatable bonds is 4. The lowest BCUT2D eigenvalue weighted by Crippen LogP contribution is -2.00. The first-order valence-corrected chi connectivity index (χ1v) is 8.95. The molecule has 2 aromatic heterocycles. The fourth-order valence-electron chi connectivity index (χ4n) is 3.32. The van der Waals surface area contributed by atoms with Crippen LogP contribution in [0.4, 0.5) is 0 Å². The number of aromatic nitrogens is 2. The molecule has 0 amide bonds. The summed E-state index contributed by atoms with van der Waals surface area (Å²) in [7, 11) is 0. The molecule has 0 saturated carbocycles. The first kappa shape index (κ1) is 17.3. The molecule has 4 aromatic rings. The van der Waals surface area contributed by atoms with Gasteiger partial charge in [-0.15, -0.1) is 0 Å². The zero-order chi connectivity index (χ0) is 19.0. The van der Waals surface area contributed by atoms with Gasteiger partial charge in [-0.25, -0.2) is 9.78 Å². The van der Waals surface area contributed by atoms with Gasteiger partial charge in [-0.2, -0.15) is 0 Å². The van der Waals surface area contributed by atoms with Crippen molar-refractivity contribution >= 4 is 28.5 Å². The third-order valence-electron chi connectivity index (χ3n) is 4.76. The molecule has 0 spiro atoms. The van der Waals surface area contributed by atoms with E-state index in [0.29, 0.717) is 12.2 Å². The van der Waals surface area contributed by atoms with E-state index in [1.807, 2.05) is 34.9 Å². The van der Waals surface area contributed by atoms with Crippen molar-refractivity contribution in [3.63, 3.8) is 0 Å². The van der Waals surface area contributed by atoms with Crippen LogP contribution in [0, 0.1) is 6.92 Å². The quantitative estimate of drug-likeness (QED) is 0.527. The molecule has 0 radical (unpaired) electrons. The number of carbonyl (C=O) groups is 1. The van der Waals surface area contributed by atoms with Gasteiger partial charge in [0.05, 0.1) is 11.1 Å². The molecule has 27 heavy (non-hydrogen) atoms. The Bertz CT molecular complexity index is 1130. The van der Waals surface area contributed by atoms with Crippen molar-refractivity contribution in [2.24, 2.45) is 0 Å². The number of hydrogen-bond donors (Lipinski definition) is 1. The predicted molar refractivity (Wildman–Crippen MR) is 107 cm³/mol. The van der Waals surface area contributed by atoms with E-state index in [1.54, 1.807) is 12.1 Å². The lowest BCUT2D eigenvalue weighted by molar-refractivity contribution is 0.0696. The Kier molecular flexibility index (Phi) is 4.42. The molecule has 2 heterocycles. The lowest BCUT2D eigenvalue weighted by Gasteiger charge is -2.07. The van der Waals surface area contributed by atoms with Crippen molar-refractivity contribution in [3.05, 3.63) is 94.3 Å². The number of para-hydroxylation sites is 1. The standard InChI is InChI=1S/C22H17ClN2O2/c1-14-5-4-7-19(23)18(14)11-16-13-25(20-8-3-2-6-17(16)20)21-10-9-15(12-24-21)22(26)27/h2-10,12-13H,11H2,1H3,(H,26,27). The third-order valence-corrected chi connectivity index (χ3v) is 5.11. The summed E-state index contributed by atoms with van der Waals surface area (Å²) in [5.41, 5.74) is 4.60. The van der Waals surface area contributed by atoms with Gasteiger partial charge >= 0.3 is 5.97 Å². The van der Waals surface area contributed by atoms with Crippen LogP contribution >= 0.6 is 11.6 Å². The van der Waals surface area contributed by atoms with Crippen LogP contribution < -0.4 is 0 Å². The molecule has 0 aliphatic heterocycles. The van der Waals surface area contributed by atoms with Crippen molar-refractivity contribution in [1.29, 1.82) is 0 Å². The van der Waals surface area contributed by atoms with Gasteiger partial charge in [0, 0.05) is 29.2 Å². The molecule has 134 valence electrons. The smallest absolute Gasteiger partial charge is 0.337 e. The van der Waals surface area contributed by atoms with Crippen molar-refractivity contribution in [1.82, 2.24) is 9.55 Å². The van der Waals surface area contributed by atoms with Crippen molar-refractivity contribution in [2.75, 3.05) is 0 Å². The highest BCUT2D eigenvalue weighted by molar-refractivity contribution is 6.31. The van der Waals surface area contributed by atoms with Crippen LogP contribution in [-0.4, -0.2) is 20.6 Å². The highest BCUT2D eigenvalue weighted by Gasteiger charge is 2.14. The Hall–Kier alpha value is -3.11. The minimum absolute atomic E-state index is 0.169. The van der Waals surface area contributed by atoms with Crippen LogP contribution in [0.25, 0.3) is 16.7 Å². The fourth-order valence-corrected chi connectivity index (χ4v) is 3.61. The van der Waals surface area contributed by atoms with Crippen LogP contribution in [0.5, 0.6) is 0 Å². The normalized spacial score (nSPS) is 11.0. The van der Waals surface area contributed by atoms with E-state index in [1.165, 1.54) is 6.20 Å². The maximum atomic E-state index is 11.1. The minimum Gasteiger partial charge on any atom is -0.478 e. The van der Waals surface area contributed by atoms with Crippen LogP contribution in [0.15, 0.2) is 67.0 Å². The zero-order valence-corrected chi connectivity index (χ0v) is 15.4. The molecule has 2 aromatic carbocycles. The molecule has 0 unspecified atom stereocenters. The Morgan fingerprint density at radius 1 is 1.11 bits per heavy atom. The largest absolute Gasteiger partial charge is 0.478 e. The van der Waals surface area contributed by atoms with Crippen LogP contribution in [0.3, 0.4) is 0 Å². The molecule has 0 bridgehead atoms. The van der Waals surface area contributed by atoms with E-state index >= 15 is 0 Å². The number of hydrogen-bond acceptors (Lipinski definition) is 2. The zero-order valence-electron chi connectivity index (χ0n) is 14.7. The molecule has 4 nitrogen and oxygen atoms in total. The Balaban J connectivity index is 1.83. The number of benzene rings is 2. The second kappa shape index (κ2) is 6.89. The molecule has 0 aliphatic carbocycles. The number of halogens is 1. The predicted octanol–water partition coefficient (Wildman–Crippen LogP) is 5.28. The van der Waals surface area contributed by atoms with Crippen molar-refractivity contribution in [3.8, 4) is 5.82 Å². The van der Waals surface area contributed by atoms with E-state index in [9.17, 15) is 4.79 Å². The van der Waals surface area contributed by atoms with Gasteiger partial charge in [-0.1, -0.05) is 41.9 Å². The number of carboxylic acid groups (broad SMARTS) is 1. The molecule has 5 heteroatoms. The van der Waals surface area contributed by atoms with Crippen LogP contribution in [-0.2, 0) is 6.42 Å². The average molecular weight is 377 g/mol. The van der Waals surface area contributed by atoms with Crippen LogP contribution in [0.1, 0.15) is 27.0 Å². The summed E-state index contributed by atoms with van der Waals surface area (Å²) in [6.07, 6.45) is 4.15. The molecule has 0 saturated heterocycles. The summed E-state index contributed by atoms with van der Waals surface area (Å²) in [6, 6.07) is 17.3. The number of fused-ring (bicyclic) bond motifs is 1. The summed E-state index contributed by atoms with van der Waals surface area (Å²) < 4.78 is 1.99. The number of carboxylic acids is 1. The van der Waals surface area contributed by atoms with Gasteiger partial charge in [0.25, 0.3) is 0 Å². The van der Waals surface area contributed by atoms with Gasteiger partial charge in [0.15, 0.2) is 0 Å². The maximum Gasteiger partial charge on any atom is 0.337 e. The highest BCUT2D eigenvalue weighted by Crippen LogP contribution is 2.29. The van der Waals surface area contributed by atoms with E-state index < -0.39 is 5.97 Å². The lowest BCUT2D eigenvalue weighted by atomic mass is 10.0. The van der Waals surface area contributed by atoms with E-state index in [4.69, 9.17) is 16.7 Å². The maximum absolute atomic E-state index is 11.1. The molecule has 0 atom stereocenters. The Morgan fingerprint density at radius 2 is 1.93 bits per heavy atom. The van der Waals surface area contributed by atoms with Crippen molar-refractivity contribution in [2.45, 2.75) is 13.3 Å². The average Bonchev–Trinajstić information content (AvgIpc) is 3.04. The summed E-state index contributed by atoms with van der Waals surface area (Å²) >= 11 is 6.43. The molecular formula is C22H17ClN2O2. The molecule has 0 aliphatic rings. The Morgan fingerprint density at radius 3 is 2.63 bits per heavy atom. The molecule has 4 rings (SSSR count). The second-order valence-electron chi connectivity index (χ2n) is 6.46. The van der Waals surface area contributed by atoms with Gasteiger partial charge in [0.1, 0.15) is 5.82 Å². The SMILES string of the molecule is Cc1cccc(Cl)c1Cc1cn(-c2ccc(C(=O)O)cn2)c2ccccc12. The summed E-state index contributed by atoms with van der Waals surface area (Å²) in [5.74, 6) is -0.306. The topological polar surface area (TPSA) is 55.1 Å². The number of pyridine rings is 1. The van der Waals surface area contributed by atoms with E-state index in [0.717, 1.165) is 32.6 Å². The van der Waals surface area contributed by atoms with Gasteiger partial charge < -0.3 is 9.67 Å². The van der Waals surface area contributed by atoms with E-state index in [2.05, 4.69) is 30.2 Å². The summed E-state index contributed by atoms with van der Waals surface area (Å²) in [4.78, 5) is 15.4. The van der Waals surface area contributed by atoms with E-state index in [-0.39, 0.29) is 5.56 Å². The fraction of sp³-hybridized carbons (Fsp3) is 0.0909.